The molecule has 2 saturated heterocycles. The molecule has 2 aliphatic heterocycles. The summed E-state index contributed by atoms with van der Waals surface area (Å²) >= 11 is 0. The number of benzene rings is 2. The van der Waals surface area contributed by atoms with E-state index in [0.717, 1.165) is 25.2 Å². The number of nitrogens with one attached hydrogen (secondary N) is 1. The number of aromatic hydroxyl groups is 1. The van der Waals surface area contributed by atoms with E-state index in [0.29, 0.717) is 24.7 Å². The van der Waals surface area contributed by atoms with Crippen LogP contribution >= 0.6 is 0 Å². The van der Waals surface area contributed by atoms with Gasteiger partial charge in [-0.15, -0.1) is 0 Å². The maximum absolute atomic E-state index is 13.1. The molecule has 3 atom stereocenters. The lowest BCUT2D eigenvalue weighted by Gasteiger charge is -2.29. The number of hydrogen-bond acceptors (Lipinski definition) is 3. The fraction of sp³-hybridized carbons (Fsp3) is 0.409. The number of carbonyl (C=O) groups excluding carboxylic acids is 1. The monoisotopic (exact) mass is 350 g/mol. The van der Waals surface area contributed by atoms with Crippen molar-refractivity contribution in [1.29, 1.82) is 0 Å². The van der Waals surface area contributed by atoms with Crippen molar-refractivity contribution in [1.82, 2.24) is 10.2 Å². The van der Waals surface area contributed by atoms with Gasteiger partial charge >= 0.3 is 0 Å². The first-order valence-electron chi connectivity index (χ1n) is 9.47. The van der Waals surface area contributed by atoms with Crippen LogP contribution in [0, 0.1) is 18.8 Å². The number of rotatable bonds is 4. The summed E-state index contributed by atoms with van der Waals surface area (Å²) in [5.74, 6) is 1.56. The second-order valence-corrected chi connectivity index (χ2v) is 7.60. The first kappa shape index (κ1) is 17.1. The quantitative estimate of drug-likeness (QED) is 0.891. The van der Waals surface area contributed by atoms with Gasteiger partial charge in [0.1, 0.15) is 5.75 Å². The highest BCUT2D eigenvalue weighted by molar-refractivity contribution is 5.77. The Balaban J connectivity index is 1.52. The molecular formula is C22H26N2O2. The summed E-state index contributed by atoms with van der Waals surface area (Å²) in [5.41, 5.74) is 3.65. The van der Waals surface area contributed by atoms with E-state index in [2.05, 4.69) is 41.4 Å². The number of aryl methyl sites for hydroxylation is 2. The summed E-state index contributed by atoms with van der Waals surface area (Å²) in [6.07, 6.45) is 1.23. The van der Waals surface area contributed by atoms with Crippen LogP contribution in [0.15, 0.2) is 48.5 Å². The molecule has 1 amide bonds. The topological polar surface area (TPSA) is 52.6 Å². The van der Waals surface area contributed by atoms with Gasteiger partial charge in [0.15, 0.2) is 0 Å². The zero-order valence-corrected chi connectivity index (χ0v) is 15.2. The van der Waals surface area contributed by atoms with Crippen molar-refractivity contribution in [2.45, 2.75) is 25.8 Å². The van der Waals surface area contributed by atoms with E-state index in [9.17, 15) is 9.90 Å². The molecule has 2 aromatic carbocycles. The second kappa shape index (κ2) is 7.12. The molecule has 4 heteroatoms. The van der Waals surface area contributed by atoms with Gasteiger partial charge in [0.2, 0.25) is 5.91 Å². The smallest absolute Gasteiger partial charge is 0.223 e. The van der Waals surface area contributed by atoms with Crippen LogP contribution in [-0.2, 0) is 11.2 Å². The zero-order valence-electron chi connectivity index (χ0n) is 15.2. The van der Waals surface area contributed by atoms with E-state index in [1.54, 1.807) is 12.1 Å². The summed E-state index contributed by atoms with van der Waals surface area (Å²) < 4.78 is 0. The van der Waals surface area contributed by atoms with Gasteiger partial charge in [0.25, 0.3) is 0 Å². The Morgan fingerprint density at radius 2 is 1.92 bits per heavy atom. The molecule has 26 heavy (non-hydrogen) atoms. The lowest BCUT2D eigenvalue weighted by atomic mass is 9.87. The van der Waals surface area contributed by atoms with Gasteiger partial charge in [-0.25, -0.2) is 0 Å². The summed E-state index contributed by atoms with van der Waals surface area (Å²) in [5, 5.41) is 12.9. The molecule has 0 unspecified atom stereocenters. The third kappa shape index (κ3) is 3.21. The molecular weight excluding hydrogens is 324 g/mol. The molecule has 0 spiro atoms. The molecule has 0 radical (unpaired) electrons. The molecule has 2 fully saturated rings. The maximum Gasteiger partial charge on any atom is 0.223 e. The first-order chi connectivity index (χ1) is 12.6. The van der Waals surface area contributed by atoms with Gasteiger partial charge in [-0.3, -0.25) is 4.79 Å². The van der Waals surface area contributed by atoms with Crippen LogP contribution in [0.1, 0.15) is 29.2 Å². The largest absolute Gasteiger partial charge is 0.508 e. The summed E-state index contributed by atoms with van der Waals surface area (Å²) in [6, 6.07) is 15.8. The van der Waals surface area contributed by atoms with Gasteiger partial charge in [0.05, 0.1) is 6.04 Å². The zero-order chi connectivity index (χ0) is 18.1. The molecule has 4 rings (SSSR count). The highest BCUT2D eigenvalue weighted by Crippen LogP contribution is 2.43. The normalized spacial score (nSPS) is 24.7. The third-order valence-corrected chi connectivity index (χ3v) is 5.96. The van der Waals surface area contributed by atoms with E-state index >= 15 is 0 Å². The fourth-order valence-electron chi connectivity index (χ4n) is 4.55. The highest BCUT2D eigenvalue weighted by atomic mass is 16.3. The van der Waals surface area contributed by atoms with Crippen molar-refractivity contribution in [3.8, 4) is 5.75 Å². The van der Waals surface area contributed by atoms with Crippen molar-refractivity contribution < 1.29 is 9.90 Å². The molecule has 2 heterocycles. The molecule has 136 valence electrons. The third-order valence-electron chi connectivity index (χ3n) is 5.96. The van der Waals surface area contributed by atoms with Crippen molar-refractivity contribution in [2.75, 3.05) is 19.6 Å². The average molecular weight is 350 g/mol. The Bertz CT molecular complexity index is 787. The predicted octanol–water partition coefficient (Wildman–Crippen LogP) is 3.05. The Kier molecular flexibility index (Phi) is 4.68. The van der Waals surface area contributed by atoms with Crippen LogP contribution < -0.4 is 5.32 Å². The minimum atomic E-state index is 0.184. The van der Waals surface area contributed by atoms with Crippen molar-refractivity contribution in [3.05, 3.63) is 65.2 Å². The van der Waals surface area contributed by atoms with E-state index in [-0.39, 0.29) is 17.7 Å². The lowest BCUT2D eigenvalue weighted by molar-refractivity contribution is -0.132. The van der Waals surface area contributed by atoms with Crippen molar-refractivity contribution in [3.63, 3.8) is 0 Å². The SMILES string of the molecule is Cc1ccccc1[C@@H]1[C@H]2CNC[C@H]2CN1C(=O)CCc1ccc(O)cc1. The molecule has 0 aliphatic carbocycles. The molecule has 2 aliphatic rings. The maximum atomic E-state index is 13.1. The average Bonchev–Trinajstić information content (AvgIpc) is 3.23. The van der Waals surface area contributed by atoms with Crippen LogP contribution in [-0.4, -0.2) is 35.5 Å². The van der Waals surface area contributed by atoms with Gasteiger partial charge in [0, 0.05) is 32.0 Å². The standard InChI is InChI=1S/C22H26N2O2/c1-15-4-2-3-5-19(15)22-20-13-23-12-17(20)14-24(22)21(26)11-8-16-6-9-18(25)10-7-16/h2-7,9-10,17,20,22-23,25H,8,11-14H2,1H3/t17-,20-,22+/m0/s1. The number of hydrogen-bond donors (Lipinski definition) is 2. The van der Waals surface area contributed by atoms with E-state index in [4.69, 9.17) is 0 Å². The van der Waals surface area contributed by atoms with Crippen LogP contribution in [0.25, 0.3) is 0 Å². The minimum absolute atomic E-state index is 0.184. The van der Waals surface area contributed by atoms with Gasteiger partial charge < -0.3 is 15.3 Å². The number of phenolic OH excluding ortho intramolecular Hbond substituents is 1. The highest BCUT2D eigenvalue weighted by Gasteiger charge is 2.46. The van der Waals surface area contributed by atoms with Gasteiger partial charge in [-0.1, -0.05) is 36.4 Å². The summed E-state index contributed by atoms with van der Waals surface area (Å²) in [7, 11) is 0. The Morgan fingerprint density at radius 1 is 1.15 bits per heavy atom. The van der Waals surface area contributed by atoms with Crippen LogP contribution in [0.5, 0.6) is 5.75 Å². The number of nitrogens with zero attached hydrogens (tertiary/aromatic N) is 1. The molecule has 0 aromatic heterocycles. The lowest BCUT2D eigenvalue weighted by Crippen LogP contribution is -2.35. The molecule has 2 N–H and O–H groups in total. The fourth-order valence-corrected chi connectivity index (χ4v) is 4.55. The second-order valence-electron chi connectivity index (χ2n) is 7.60. The van der Waals surface area contributed by atoms with Gasteiger partial charge in [-0.05, 0) is 48.1 Å². The Labute approximate surface area is 154 Å². The number of likely N-dealkylation sites (tertiary alicyclic amines) is 1. The summed E-state index contributed by atoms with van der Waals surface area (Å²) in [4.78, 5) is 15.2. The number of carbonyl (C=O) groups is 1. The number of fused-ring (bicyclic) bond motifs is 1. The van der Waals surface area contributed by atoms with Crippen LogP contribution in [0.2, 0.25) is 0 Å². The van der Waals surface area contributed by atoms with E-state index in [1.807, 2.05) is 12.1 Å². The molecule has 4 nitrogen and oxygen atoms in total. The predicted molar refractivity (Wildman–Crippen MR) is 102 cm³/mol. The Hall–Kier alpha value is -2.33. The summed E-state index contributed by atoms with van der Waals surface area (Å²) in [6.45, 7) is 5.00. The number of phenols is 1. The molecule has 2 aromatic rings. The molecule has 0 saturated carbocycles. The first-order valence-corrected chi connectivity index (χ1v) is 9.47. The van der Waals surface area contributed by atoms with Crippen molar-refractivity contribution in [2.24, 2.45) is 11.8 Å². The van der Waals surface area contributed by atoms with Crippen molar-refractivity contribution >= 4 is 5.91 Å². The molecule has 0 bridgehead atoms. The van der Waals surface area contributed by atoms with Gasteiger partial charge in [-0.2, -0.15) is 0 Å². The minimum Gasteiger partial charge on any atom is -0.508 e. The van der Waals surface area contributed by atoms with Crippen LogP contribution in [0.3, 0.4) is 0 Å². The van der Waals surface area contributed by atoms with Crippen LogP contribution in [0.4, 0.5) is 0 Å². The number of amides is 1. The van der Waals surface area contributed by atoms with E-state index < -0.39 is 0 Å². The van der Waals surface area contributed by atoms with E-state index in [1.165, 1.54) is 11.1 Å². The Morgan fingerprint density at radius 3 is 2.69 bits per heavy atom.